The number of benzene rings is 2. The Morgan fingerprint density at radius 1 is 0.818 bits per heavy atom. The quantitative estimate of drug-likeness (QED) is 0.906. The van der Waals surface area contributed by atoms with Crippen molar-refractivity contribution in [3.8, 4) is 11.1 Å². The summed E-state index contributed by atoms with van der Waals surface area (Å²) in [5.74, 6) is 0. The van der Waals surface area contributed by atoms with E-state index in [-0.39, 0.29) is 0 Å². The first-order valence-corrected chi connectivity index (χ1v) is 6.53. The highest BCUT2D eigenvalue weighted by Crippen LogP contribution is 2.28. The van der Waals surface area contributed by atoms with Gasteiger partial charge in [-0.25, -0.2) is 9.59 Å². The summed E-state index contributed by atoms with van der Waals surface area (Å²) in [6, 6.07) is 14.5. The van der Waals surface area contributed by atoms with Gasteiger partial charge in [-0.1, -0.05) is 30.3 Å². The summed E-state index contributed by atoms with van der Waals surface area (Å²) in [7, 11) is 2.61. The molecule has 22 heavy (non-hydrogen) atoms. The molecule has 0 unspecified atom stereocenters. The molecule has 6 heteroatoms. The number of amides is 2. The van der Waals surface area contributed by atoms with Crippen molar-refractivity contribution in [2.24, 2.45) is 0 Å². The van der Waals surface area contributed by atoms with Gasteiger partial charge in [0.25, 0.3) is 0 Å². The van der Waals surface area contributed by atoms with E-state index < -0.39 is 12.2 Å². The van der Waals surface area contributed by atoms with E-state index in [1.165, 1.54) is 14.2 Å². The first-order chi connectivity index (χ1) is 10.6. The molecule has 0 aromatic heterocycles. The van der Waals surface area contributed by atoms with Gasteiger partial charge in [-0.05, 0) is 23.8 Å². The SMILES string of the molecule is COC(=O)Nc1ccc(-c2ccccc2NC(=O)OC)cc1. The molecule has 6 nitrogen and oxygen atoms in total. The van der Waals surface area contributed by atoms with Crippen LogP contribution in [-0.4, -0.2) is 26.4 Å². The van der Waals surface area contributed by atoms with E-state index in [2.05, 4.69) is 20.1 Å². The minimum atomic E-state index is -0.531. The van der Waals surface area contributed by atoms with Crippen LogP contribution in [0.25, 0.3) is 11.1 Å². The molecule has 0 radical (unpaired) electrons. The Morgan fingerprint density at radius 2 is 1.41 bits per heavy atom. The van der Waals surface area contributed by atoms with Crippen LogP contribution in [0.2, 0.25) is 0 Å². The van der Waals surface area contributed by atoms with Gasteiger partial charge >= 0.3 is 12.2 Å². The first-order valence-electron chi connectivity index (χ1n) is 6.53. The number of methoxy groups -OCH3 is 2. The third-order valence-corrected chi connectivity index (χ3v) is 2.98. The maximum atomic E-state index is 11.4. The van der Waals surface area contributed by atoms with Crippen molar-refractivity contribution in [3.05, 3.63) is 48.5 Å². The van der Waals surface area contributed by atoms with Crippen LogP contribution in [0.3, 0.4) is 0 Å². The van der Waals surface area contributed by atoms with E-state index >= 15 is 0 Å². The van der Waals surface area contributed by atoms with E-state index in [0.29, 0.717) is 11.4 Å². The molecule has 0 atom stereocenters. The Kier molecular flexibility index (Phi) is 4.98. The van der Waals surface area contributed by atoms with Crippen LogP contribution in [0.5, 0.6) is 0 Å². The van der Waals surface area contributed by atoms with E-state index in [0.717, 1.165) is 11.1 Å². The molecule has 0 aliphatic carbocycles. The van der Waals surface area contributed by atoms with Gasteiger partial charge < -0.3 is 9.47 Å². The third kappa shape index (κ3) is 3.76. The van der Waals surface area contributed by atoms with Crippen molar-refractivity contribution in [3.63, 3.8) is 0 Å². The summed E-state index contributed by atoms with van der Waals surface area (Å²) in [5.41, 5.74) is 3.00. The smallest absolute Gasteiger partial charge is 0.411 e. The molecular weight excluding hydrogens is 284 g/mol. The fourth-order valence-electron chi connectivity index (χ4n) is 1.91. The summed E-state index contributed by atoms with van der Waals surface area (Å²) < 4.78 is 9.14. The van der Waals surface area contributed by atoms with Crippen molar-refractivity contribution in [1.29, 1.82) is 0 Å². The molecule has 0 saturated carbocycles. The van der Waals surface area contributed by atoms with Gasteiger partial charge in [0, 0.05) is 11.3 Å². The third-order valence-electron chi connectivity index (χ3n) is 2.98. The minimum absolute atomic E-state index is 0.527. The van der Waals surface area contributed by atoms with Crippen molar-refractivity contribution in [1.82, 2.24) is 0 Å². The minimum Gasteiger partial charge on any atom is -0.453 e. The van der Waals surface area contributed by atoms with Gasteiger partial charge in [0.15, 0.2) is 0 Å². The molecule has 0 fully saturated rings. The molecular formula is C16H16N2O4. The topological polar surface area (TPSA) is 76.7 Å². The van der Waals surface area contributed by atoms with Gasteiger partial charge in [-0.15, -0.1) is 0 Å². The largest absolute Gasteiger partial charge is 0.453 e. The van der Waals surface area contributed by atoms with Crippen LogP contribution >= 0.6 is 0 Å². The second kappa shape index (κ2) is 7.12. The van der Waals surface area contributed by atoms with Gasteiger partial charge in [0.2, 0.25) is 0 Å². The average molecular weight is 300 g/mol. The molecule has 0 saturated heterocycles. The summed E-state index contributed by atoms with van der Waals surface area (Å²) >= 11 is 0. The first kappa shape index (κ1) is 15.4. The predicted molar refractivity (Wildman–Crippen MR) is 83.9 cm³/mol. The van der Waals surface area contributed by atoms with E-state index in [9.17, 15) is 9.59 Å². The fourth-order valence-corrected chi connectivity index (χ4v) is 1.91. The molecule has 114 valence electrons. The lowest BCUT2D eigenvalue weighted by Gasteiger charge is -2.11. The highest BCUT2D eigenvalue weighted by atomic mass is 16.5. The lowest BCUT2D eigenvalue weighted by Crippen LogP contribution is -2.11. The molecule has 0 aliphatic heterocycles. The van der Waals surface area contributed by atoms with Crippen molar-refractivity contribution >= 4 is 23.6 Å². The number of carbonyl (C=O) groups excluding carboxylic acids is 2. The number of carbonyl (C=O) groups is 2. The zero-order valence-corrected chi connectivity index (χ0v) is 12.3. The number of para-hydroxylation sites is 1. The average Bonchev–Trinajstić information content (AvgIpc) is 2.56. The molecule has 0 aliphatic rings. The van der Waals surface area contributed by atoms with E-state index in [1.807, 2.05) is 30.3 Å². The maximum Gasteiger partial charge on any atom is 0.411 e. The number of hydrogen-bond acceptors (Lipinski definition) is 4. The van der Waals surface area contributed by atoms with Crippen molar-refractivity contribution < 1.29 is 19.1 Å². The molecule has 2 amide bonds. The van der Waals surface area contributed by atoms with Crippen LogP contribution in [0.1, 0.15) is 0 Å². The second-order valence-corrected chi connectivity index (χ2v) is 4.36. The summed E-state index contributed by atoms with van der Waals surface area (Å²) in [6.07, 6.45) is -1.06. The Bertz CT molecular complexity index is 668. The molecule has 2 N–H and O–H groups in total. The lowest BCUT2D eigenvalue weighted by molar-refractivity contribution is 0.186. The van der Waals surface area contributed by atoms with Crippen LogP contribution in [-0.2, 0) is 9.47 Å². The van der Waals surface area contributed by atoms with Gasteiger partial charge in [-0.3, -0.25) is 10.6 Å². The Balaban J connectivity index is 2.24. The number of ether oxygens (including phenoxy) is 2. The molecule has 2 rings (SSSR count). The van der Waals surface area contributed by atoms with Gasteiger partial charge in [0.1, 0.15) is 0 Å². The van der Waals surface area contributed by atoms with Gasteiger partial charge in [-0.2, -0.15) is 0 Å². The van der Waals surface area contributed by atoms with Crippen molar-refractivity contribution in [2.45, 2.75) is 0 Å². The Labute approximate surface area is 128 Å². The normalized spacial score (nSPS) is 9.73. The highest BCUT2D eigenvalue weighted by molar-refractivity contribution is 5.92. The standard InChI is InChI=1S/C16H16N2O4/c1-21-15(19)17-12-9-7-11(8-10-12)13-5-3-4-6-14(13)18-16(20)22-2/h3-10H,1-2H3,(H,17,19)(H,18,20). The van der Waals surface area contributed by atoms with E-state index in [1.54, 1.807) is 18.2 Å². The Hall–Kier alpha value is -3.02. The molecule has 0 heterocycles. The molecule has 0 spiro atoms. The number of nitrogens with one attached hydrogen (secondary N) is 2. The summed E-state index contributed by atoms with van der Waals surface area (Å²) in [6.45, 7) is 0. The number of rotatable bonds is 3. The zero-order valence-electron chi connectivity index (χ0n) is 12.3. The lowest BCUT2D eigenvalue weighted by atomic mass is 10.0. The summed E-state index contributed by atoms with van der Waals surface area (Å²) in [4.78, 5) is 22.5. The zero-order chi connectivity index (χ0) is 15.9. The van der Waals surface area contributed by atoms with Crippen LogP contribution in [0.15, 0.2) is 48.5 Å². The van der Waals surface area contributed by atoms with E-state index in [4.69, 9.17) is 0 Å². The summed E-state index contributed by atoms with van der Waals surface area (Å²) in [5, 5.41) is 5.24. The molecule has 2 aromatic carbocycles. The van der Waals surface area contributed by atoms with Crippen LogP contribution < -0.4 is 10.6 Å². The Morgan fingerprint density at radius 3 is 2.05 bits per heavy atom. The van der Waals surface area contributed by atoms with Crippen LogP contribution in [0, 0.1) is 0 Å². The maximum absolute atomic E-state index is 11.4. The fraction of sp³-hybridized carbons (Fsp3) is 0.125. The predicted octanol–water partition coefficient (Wildman–Crippen LogP) is 3.71. The molecule has 2 aromatic rings. The highest BCUT2D eigenvalue weighted by Gasteiger charge is 2.08. The number of hydrogen-bond donors (Lipinski definition) is 2. The number of anilines is 2. The second-order valence-electron chi connectivity index (χ2n) is 4.36. The molecule has 0 bridgehead atoms. The van der Waals surface area contributed by atoms with Crippen LogP contribution in [0.4, 0.5) is 21.0 Å². The monoisotopic (exact) mass is 300 g/mol. The van der Waals surface area contributed by atoms with Crippen molar-refractivity contribution in [2.75, 3.05) is 24.9 Å². The van der Waals surface area contributed by atoms with Gasteiger partial charge in [0.05, 0.1) is 19.9 Å².